The van der Waals surface area contributed by atoms with Crippen LogP contribution in [0.4, 0.5) is 0 Å². The number of carboxylic acids is 3. The minimum Gasteiger partial charge on any atom is -0.480 e. The normalized spacial score (nSPS) is 13.6. The summed E-state index contributed by atoms with van der Waals surface area (Å²) < 4.78 is 0. The maximum atomic E-state index is 10.2. The molecule has 0 aliphatic heterocycles. The van der Waals surface area contributed by atoms with Crippen LogP contribution in [-0.4, -0.2) is 51.9 Å². The van der Waals surface area contributed by atoms with Gasteiger partial charge in [-0.1, -0.05) is 34.1 Å². The summed E-state index contributed by atoms with van der Waals surface area (Å²) in [7, 11) is 0. The van der Waals surface area contributed by atoms with Crippen molar-refractivity contribution in [2.75, 3.05) is 6.54 Å². The van der Waals surface area contributed by atoms with Crippen LogP contribution in [0, 0.1) is 11.8 Å². The van der Waals surface area contributed by atoms with Gasteiger partial charge in [0.2, 0.25) is 0 Å². The zero-order chi connectivity index (χ0) is 19.2. The van der Waals surface area contributed by atoms with Crippen molar-refractivity contribution in [1.82, 2.24) is 0 Å². The van der Waals surface area contributed by atoms with Crippen LogP contribution in [-0.2, 0) is 14.4 Å². The van der Waals surface area contributed by atoms with Gasteiger partial charge < -0.3 is 32.5 Å². The number of rotatable bonds is 7. The quantitative estimate of drug-likeness (QED) is 0.368. The predicted octanol–water partition coefficient (Wildman–Crippen LogP) is -0.0815. The van der Waals surface area contributed by atoms with Crippen LogP contribution in [0.15, 0.2) is 0 Å². The fourth-order valence-corrected chi connectivity index (χ4v) is 1.11. The summed E-state index contributed by atoms with van der Waals surface area (Å²) in [6, 6.07) is -1.39. The van der Waals surface area contributed by atoms with Gasteiger partial charge in [-0.3, -0.25) is 14.4 Å². The maximum Gasteiger partial charge on any atom is 0.320 e. The Morgan fingerprint density at radius 3 is 1.43 bits per heavy atom. The first kappa shape index (κ1) is 26.2. The van der Waals surface area contributed by atoms with Crippen LogP contribution in [0.2, 0.25) is 0 Å². The number of carbonyl (C=O) groups is 3. The highest BCUT2D eigenvalue weighted by atomic mass is 16.4. The predicted molar refractivity (Wildman–Crippen MR) is 86.8 cm³/mol. The highest BCUT2D eigenvalue weighted by Crippen LogP contribution is 2.04. The first-order valence-corrected chi connectivity index (χ1v) is 7.29. The van der Waals surface area contributed by atoms with Gasteiger partial charge in [0.15, 0.2) is 0 Å². The van der Waals surface area contributed by atoms with E-state index in [1.165, 1.54) is 0 Å². The monoisotopic (exact) mass is 337 g/mol. The van der Waals surface area contributed by atoms with E-state index in [9.17, 15) is 14.4 Å². The van der Waals surface area contributed by atoms with Crippen molar-refractivity contribution < 1.29 is 29.7 Å². The zero-order valence-electron chi connectivity index (χ0n) is 14.2. The van der Waals surface area contributed by atoms with E-state index in [-0.39, 0.29) is 12.5 Å². The molecule has 0 heterocycles. The Labute approximate surface area is 136 Å². The summed E-state index contributed by atoms with van der Waals surface area (Å²) in [6.07, 6.45) is 1.36. The molecule has 0 radical (unpaired) electrons. The number of hydrogen-bond acceptors (Lipinski definition) is 6. The summed E-state index contributed by atoms with van der Waals surface area (Å²) in [5.74, 6) is -2.36. The summed E-state index contributed by atoms with van der Waals surface area (Å²) in [6.45, 7) is 7.37. The summed E-state index contributed by atoms with van der Waals surface area (Å²) in [4.78, 5) is 29.5. The molecule has 0 saturated carbocycles. The molecule has 0 bridgehead atoms. The number of carboxylic acid groups (broad SMARTS) is 3. The number of nitrogens with two attached hydrogens (primary N) is 3. The van der Waals surface area contributed by atoms with Gasteiger partial charge in [-0.05, 0) is 18.3 Å². The minimum atomic E-state index is -0.968. The lowest BCUT2D eigenvalue weighted by Crippen LogP contribution is -2.36. The first-order valence-electron chi connectivity index (χ1n) is 7.29. The van der Waals surface area contributed by atoms with Crippen LogP contribution in [0.5, 0.6) is 0 Å². The lowest BCUT2D eigenvalue weighted by Gasteiger charge is -2.11. The van der Waals surface area contributed by atoms with Gasteiger partial charge in [-0.15, -0.1) is 0 Å². The average Bonchev–Trinajstić information content (AvgIpc) is 2.45. The van der Waals surface area contributed by atoms with E-state index in [1.807, 2.05) is 27.7 Å². The summed E-state index contributed by atoms with van der Waals surface area (Å²) >= 11 is 0. The van der Waals surface area contributed by atoms with E-state index < -0.39 is 30.0 Å². The largest absolute Gasteiger partial charge is 0.480 e. The van der Waals surface area contributed by atoms with Gasteiger partial charge in [0, 0.05) is 0 Å². The maximum absolute atomic E-state index is 10.2. The molecule has 0 amide bonds. The Kier molecular flexibility index (Phi) is 17.3. The van der Waals surface area contributed by atoms with E-state index >= 15 is 0 Å². The van der Waals surface area contributed by atoms with Crippen molar-refractivity contribution in [2.24, 2.45) is 29.0 Å². The van der Waals surface area contributed by atoms with E-state index in [2.05, 4.69) is 5.73 Å². The molecule has 0 aromatic rings. The smallest absolute Gasteiger partial charge is 0.320 e. The number of hydrogen-bond donors (Lipinski definition) is 6. The molecule has 9 N–H and O–H groups in total. The van der Waals surface area contributed by atoms with Crippen LogP contribution < -0.4 is 17.2 Å². The van der Waals surface area contributed by atoms with Crippen molar-refractivity contribution in [3.05, 3.63) is 0 Å². The second kappa shape index (κ2) is 15.2. The SMILES string of the molecule is CC(C)C[C@H](N)C(=O)O.CC[C@H](C)[C@H](N)C(=O)O.NCC(=O)O. The Balaban J connectivity index is -0.000000273. The Morgan fingerprint density at radius 1 is 0.957 bits per heavy atom. The second-order valence-corrected chi connectivity index (χ2v) is 5.42. The van der Waals surface area contributed by atoms with Crippen molar-refractivity contribution in [3.8, 4) is 0 Å². The first-order chi connectivity index (χ1) is 10.4. The van der Waals surface area contributed by atoms with Crippen molar-refractivity contribution >= 4 is 17.9 Å². The molecule has 23 heavy (non-hydrogen) atoms. The topological polar surface area (TPSA) is 190 Å². The van der Waals surface area contributed by atoms with E-state index in [4.69, 9.17) is 26.8 Å². The van der Waals surface area contributed by atoms with E-state index in [0.29, 0.717) is 12.3 Å². The van der Waals surface area contributed by atoms with Gasteiger partial charge in [-0.25, -0.2) is 0 Å². The van der Waals surface area contributed by atoms with Crippen molar-refractivity contribution in [1.29, 1.82) is 0 Å². The standard InChI is InChI=1S/2C6H13NO2.C2H5NO2/c1-4(2)3-5(7)6(8)9;1-3-4(2)5(7)6(8)9;3-1-2(4)5/h2*4-5H,3,7H2,1-2H3,(H,8,9);1,3H2,(H,4,5)/t5-;4-,5-;/m00./s1. The molecule has 0 aliphatic carbocycles. The molecule has 138 valence electrons. The third kappa shape index (κ3) is 20.3. The fourth-order valence-electron chi connectivity index (χ4n) is 1.11. The van der Waals surface area contributed by atoms with Gasteiger partial charge in [0.1, 0.15) is 12.1 Å². The van der Waals surface area contributed by atoms with Crippen LogP contribution in [0.25, 0.3) is 0 Å². The lowest BCUT2D eigenvalue weighted by atomic mass is 10.0. The third-order valence-corrected chi connectivity index (χ3v) is 2.76. The highest BCUT2D eigenvalue weighted by Gasteiger charge is 2.17. The minimum absolute atomic E-state index is 0.0718. The molecule has 3 atom stereocenters. The molecule has 0 unspecified atom stereocenters. The van der Waals surface area contributed by atoms with Crippen LogP contribution in [0.3, 0.4) is 0 Å². The zero-order valence-corrected chi connectivity index (χ0v) is 14.2. The van der Waals surface area contributed by atoms with Gasteiger partial charge in [0.25, 0.3) is 0 Å². The third-order valence-electron chi connectivity index (χ3n) is 2.76. The molecule has 0 aliphatic rings. The molecule has 0 aromatic carbocycles. The van der Waals surface area contributed by atoms with E-state index in [1.54, 1.807) is 0 Å². The highest BCUT2D eigenvalue weighted by molar-refractivity contribution is 5.73. The summed E-state index contributed by atoms with van der Waals surface area (Å²) in [5, 5.41) is 24.3. The molecule has 9 heteroatoms. The average molecular weight is 337 g/mol. The molecule has 0 spiro atoms. The molecule has 9 nitrogen and oxygen atoms in total. The summed E-state index contributed by atoms with van der Waals surface area (Å²) in [5.41, 5.74) is 15.1. The van der Waals surface area contributed by atoms with Crippen molar-refractivity contribution in [3.63, 3.8) is 0 Å². The lowest BCUT2D eigenvalue weighted by molar-refractivity contribution is -0.140. The molecule has 0 fully saturated rings. The molecular weight excluding hydrogens is 306 g/mol. The Hall–Kier alpha value is -1.71. The van der Waals surface area contributed by atoms with Gasteiger partial charge >= 0.3 is 17.9 Å². The van der Waals surface area contributed by atoms with E-state index in [0.717, 1.165) is 6.42 Å². The Bertz CT molecular complexity index is 349. The van der Waals surface area contributed by atoms with Gasteiger partial charge in [0.05, 0.1) is 6.54 Å². The number of aliphatic carboxylic acids is 3. The second-order valence-electron chi connectivity index (χ2n) is 5.42. The fraction of sp³-hybridized carbons (Fsp3) is 0.786. The van der Waals surface area contributed by atoms with Crippen LogP contribution >= 0.6 is 0 Å². The molecule has 0 aromatic heterocycles. The molecule has 0 rings (SSSR count). The molecule has 0 saturated heterocycles. The van der Waals surface area contributed by atoms with Crippen LogP contribution in [0.1, 0.15) is 40.5 Å². The van der Waals surface area contributed by atoms with Gasteiger partial charge in [-0.2, -0.15) is 0 Å². The van der Waals surface area contributed by atoms with Crippen molar-refractivity contribution in [2.45, 2.75) is 52.6 Å². The molecular formula is C14H31N3O6. The Morgan fingerprint density at radius 2 is 1.35 bits per heavy atom.